The van der Waals surface area contributed by atoms with Gasteiger partial charge in [-0.1, -0.05) is 31.4 Å². The number of benzene rings is 1. The SMILES string of the molecule is COc1c(Nc2nc(Nc3cnn(C4CCCCC4)c3)ncc2C(N)=O)cccc1-c1ccccn1. The van der Waals surface area contributed by atoms with Crippen molar-refractivity contribution in [3.05, 3.63) is 66.7 Å². The molecule has 1 aliphatic carbocycles. The van der Waals surface area contributed by atoms with E-state index in [1.54, 1.807) is 19.5 Å². The summed E-state index contributed by atoms with van der Waals surface area (Å²) in [6.45, 7) is 0. The quantitative estimate of drug-likeness (QED) is 0.324. The molecule has 1 aromatic carbocycles. The predicted octanol–water partition coefficient (Wildman–Crippen LogP) is 4.84. The zero-order chi connectivity index (χ0) is 24.9. The summed E-state index contributed by atoms with van der Waals surface area (Å²) in [6.07, 6.45) is 12.9. The van der Waals surface area contributed by atoms with E-state index in [9.17, 15) is 4.79 Å². The molecule has 4 aromatic rings. The van der Waals surface area contributed by atoms with Gasteiger partial charge >= 0.3 is 0 Å². The molecule has 0 unspecified atom stereocenters. The van der Waals surface area contributed by atoms with E-state index in [1.807, 2.05) is 47.3 Å². The number of aromatic nitrogens is 5. The molecule has 0 spiro atoms. The molecule has 184 valence electrons. The van der Waals surface area contributed by atoms with Crippen molar-refractivity contribution in [1.82, 2.24) is 24.7 Å². The largest absolute Gasteiger partial charge is 0.494 e. The highest BCUT2D eigenvalue weighted by molar-refractivity contribution is 5.98. The number of carbonyl (C=O) groups is 1. The molecule has 36 heavy (non-hydrogen) atoms. The summed E-state index contributed by atoms with van der Waals surface area (Å²) in [5.41, 5.74) is 8.71. The van der Waals surface area contributed by atoms with Crippen molar-refractivity contribution in [2.45, 2.75) is 38.1 Å². The number of ether oxygens (including phenoxy) is 1. The molecule has 0 bridgehead atoms. The van der Waals surface area contributed by atoms with Crippen LogP contribution in [0.15, 0.2) is 61.2 Å². The van der Waals surface area contributed by atoms with Crippen LogP contribution in [0.3, 0.4) is 0 Å². The van der Waals surface area contributed by atoms with Crippen LogP contribution in [0, 0.1) is 0 Å². The van der Waals surface area contributed by atoms with Crippen molar-refractivity contribution >= 4 is 29.0 Å². The lowest BCUT2D eigenvalue weighted by Gasteiger charge is -2.21. The highest BCUT2D eigenvalue weighted by Crippen LogP contribution is 2.37. The van der Waals surface area contributed by atoms with Gasteiger partial charge in [0.2, 0.25) is 5.95 Å². The van der Waals surface area contributed by atoms with Crippen LogP contribution in [0.4, 0.5) is 23.1 Å². The van der Waals surface area contributed by atoms with Gasteiger partial charge in [0.05, 0.1) is 36.4 Å². The number of nitrogens with two attached hydrogens (primary N) is 1. The molecule has 1 saturated carbocycles. The molecule has 5 rings (SSSR count). The van der Waals surface area contributed by atoms with Crippen molar-refractivity contribution in [2.24, 2.45) is 5.73 Å². The smallest absolute Gasteiger partial charge is 0.254 e. The minimum absolute atomic E-state index is 0.156. The number of pyridine rings is 1. The summed E-state index contributed by atoms with van der Waals surface area (Å²) in [7, 11) is 1.58. The number of para-hydroxylation sites is 1. The third-order valence-electron chi connectivity index (χ3n) is 6.27. The summed E-state index contributed by atoms with van der Waals surface area (Å²) < 4.78 is 7.71. The third-order valence-corrected chi connectivity index (χ3v) is 6.27. The van der Waals surface area contributed by atoms with Crippen LogP contribution in [-0.2, 0) is 0 Å². The number of anilines is 4. The summed E-state index contributed by atoms with van der Waals surface area (Å²) in [5.74, 6) is 0.490. The lowest BCUT2D eigenvalue weighted by Crippen LogP contribution is -2.16. The number of amides is 1. The predicted molar refractivity (Wildman–Crippen MR) is 138 cm³/mol. The van der Waals surface area contributed by atoms with Gasteiger partial charge in [0.15, 0.2) is 5.75 Å². The Bertz CT molecular complexity index is 1350. The molecule has 1 amide bonds. The first-order valence-electron chi connectivity index (χ1n) is 12.0. The van der Waals surface area contributed by atoms with E-state index in [2.05, 4.69) is 30.7 Å². The number of hydrogen-bond acceptors (Lipinski definition) is 8. The number of methoxy groups -OCH3 is 1. The molecule has 3 heterocycles. The van der Waals surface area contributed by atoms with E-state index in [1.165, 1.54) is 25.5 Å². The Labute approximate surface area is 208 Å². The molecule has 1 aliphatic rings. The maximum atomic E-state index is 12.1. The summed E-state index contributed by atoms with van der Waals surface area (Å²) >= 11 is 0. The van der Waals surface area contributed by atoms with E-state index < -0.39 is 5.91 Å². The average Bonchev–Trinajstić information content (AvgIpc) is 3.38. The van der Waals surface area contributed by atoms with Crippen LogP contribution < -0.4 is 21.1 Å². The van der Waals surface area contributed by atoms with E-state index >= 15 is 0 Å². The number of nitrogens with one attached hydrogen (secondary N) is 2. The number of hydrogen-bond donors (Lipinski definition) is 3. The van der Waals surface area contributed by atoms with E-state index in [-0.39, 0.29) is 11.4 Å². The van der Waals surface area contributed by atoms with Crippen molar-refractivity contribution in [1.29, 1.82) is 0 Å². The van der Waals surface area contributed by atoms with Gasteiger partial charge in [-0.15, -0.1) is 0 Å². The summed E-state index contributed by atoms with van der Waals surface area (Å²) in [4.78, 5) is 25.4. The van der Waals surface area contributed by atoms with Gasteiger partial charge in [0.25, 0.3) is 5.91 Å². The van der Waals surface area contributed by atoms with Crippen LogP contribution in [0.2, 0.25) is 0 Å². The van der Waals surface area contributed by atoms with Gasteiger partial charge in [-0.25, -0.2) is 4.98 Å². The van der Waals surface area contributed by atoms with Crippen LogP contribution in [0.1, 0.15) is 48.5 Å². The molecule has 0 radical (unpaired) electrons. The Morgan fingerprint density at radius 3 is 2.67 bits per heavy atom. The lowest BCUT2D eigenvalue weighted by molar-refractivity contribution is 0.100. The number of carbonyl (C=O) groups excluding carboxylic acids is 1. The standard InChI is InChI=1S/C26H28N8O2/c1-36-23-19(21-11-5-6-13-28-21)10-7-12-22(23)32-25-20(24(27)35)15-29-26(33-25)31-17-14-30-34(16-17)18-8-3-2-4-9-18/h5-7,10-16,18H,2-4,8-9H2,1H3,(H2,27,35)(H2,29,31,32,33). The van der Waals surface area contributed by atoms with Crippen LogP contribution in [0.25, 0.3) is 11.3 Å². The zero-order valence-electron chi connectivity index (χ0n) is 20.0. The summed E-state index contributed by atoms with van der Waals surface area (Å²) in [6, 6.07) is 11.7. The van der Waals surface area contributed by atoms with Gasteiger partial charge in [-0.05, 0) is 37.1 Å². The second kappa shape index (κ2) is 10.4. The Morgan fingerprint density at radius 2 is 1.92 bits per heavy atom. The van der Waals surface area contributed by atoms with Gasteiger partial charge in [-0.3, -0.25) is 14.5 Å². The number of nitrogens with zero attached hydrogens (tertiary/aromatic N) is 5. The van der Waals surface area contributed by atoms with Gasteiger partial charge in [0, 0.05) is 24.2 Å². The first kappa shape index (κ1) is 23.3. The van der Waals surface area contributed by atoms with E-state index in [0.717, 1.165) is 29.8 Å². The maximum absolute atomic E-state index is 12.1. The molecule has 0 aliphatic heterocycles. The molecule has 0 atom stereocenters. The molecule has 10 nitrogen and oxygen atoms in total. The molecule has 0 saturated heterocycles. The Balaban J connectivity index is 1.43. The lowest BCUT2D eigenvalue weighted by atomic mass is 9.96. The number of rotatable bonds is 8. The Kier molecular flexibility index (Phi) is 6.74. The minimum atomic E-state index is -0.644. The van der Waals surface area contributed by atoms with E-state index in [0.29, 0.717) is 23.4 Å². The van der Waals surface area contributed by atoms with E-state index in [4.69, 9.17) is 10.5 Å². The fourth-order valence-corrected chi connectivity index (χ4v) is 4.50. The average molecular weight is 485 g/mol. The second-order valence-corrected chi connectivity index (χ2v) is 8.67. The molecular formula is C26H28N8O2. The first-order valence-corrected chi connectivity index (χ1v) is 12.0. The van der Waals surface area contributed by atoms with Crippen LogP contribution in [0.5, 0.6) is 5.75 Å². The molecule has 10 heteroatoms. The second-order valence-electron chi connectivity index (χ2n) is 8.67. The topological polar surface area (TPSA) is 133 Å². The summed E-state index contributed by atoms with van der Waals surface area (Å²) in [5, 5.41) is 10.9. The highest BCUT2D eigenvalue weighted by atomic mass is 16.5. The minimum Gasteiger partial charge on any atom is -0.494 e. The molecule has 1 fully saturated rings. The first-order chi connectivity index (χ1) is 17.6. The fourth-order valence-electron chi connectivity index (χ4n) is 4.50. The van der Waals surface area contributed by atoms with Crippen molar-refractivity contribution < 1.29 is 9.53 Å². The third kappa shape index (κ3) is 4.97. The van der Waals surface area contributed by atoms with Gasteiger partial charge in [0.1, 0.15) is 11.4 Å². The van der Waals surface area contributed by atoms with Crippen molar-refractivity contribution in [3.63, 3.8) is 0 Å². The van der Waals surface area contributed by atoms with Crippen LogP contribution >= 0.6 is 0 Å². The van der Waals surface area contributed by atoms with Crippen molar-refractivity contribution in [2.75, 3.05) is 17.7 Å². The Morgan fingerprint density at radius 1 is 1.06 bits per heavy atom. The normalized spacial score (nSPS) is 13.8. The maximum Gasteiger partial charge on any atom is 0.254 e. The molecule has 3 aromatic heterocycles. The van der Waals surface area contributed by atoms with Gasteiger partial charge in [-0.2, -0.15) is 10.1 Å². The van der Waals surface area contributed by atoms with Crippen LogP contribution in [-0.4, -0.2) is 37.7 Å². The zero-order valence-corrected chi connectivity index (χ0v) is 20.0. The Hall–Kier alpha value is -4.47. The monoisotopic (exact) mass is 484 g/mol. The molecule has 4 N–H and O–H groups in total. The number of primary amides is 1. The highest BCUT2D eigenvalue weighted by Gasteiger charge is 2.19. The molecular weight excluding hydrogens is 456 g/mol. The van der Waals surface area contributed by atoms with Crippen molar-refractivity contribution in [3.8, 4) is 17.0 Å². The van der Waals surface area contributed by atoms with Gasteiger partial charge < -0.3 is 21.1 Å². The fraction of sp³-hybridized carbons (Fsp3) is 0.269.